The Hall–Kier alpha value is -1.94. The van der Waals surface area contributed by atoms with Crippen LogP contribution in [0.1, 0.15) is 44.4 Å². The summed E-state index contributed by atoms with van der Waals surface area (Å²) < 4.78 is 5.25. The molecule has 1 heterocycles. The summed E-state index contributed by atoms with van der Waals surface area (Å²) in [4.78, 5) is 12.3. The standard InChI is InChI=1S/C20H23NO2S/c1-20(2,3)15-6-4-5-13(11-15)14-7-8-16-17(23-19(21)22)9-10-24-18(16)12-14/h4-8,11-12,17H,9-10H2,1-3H3,(H2,21,22). The number of benzene rings is 2. The number of ether oxygens (including phenoxy) is 1. The minimum Gasteiger partial charge on any atom is -0.441 e. The first-order chi connectivity index (χ1) is 11.3. The zero-order valence-electron chi connectivity index (χ0n) is 14.3. The molecular formula is C20H23NO2S. The summed E-state index contributed by atoms with van der Waals surface area (Å²) in [7, 11) is 0. The molecule has 0 aromatic heterocycles. The minimum absolute atomic E-state index is 0.124. The van der Waals surface area contributed by atoms with E-state index < -0.39 is 6.09 Å². The van der Waals surface area contributed by atoms with Gasteiger partial charge in [0.2, 0.25) is 0 Å². The third-order valence-corrected chi connectivity index (χ3v) is 5.42. The highest BCUT2D eigenvalue weighted by Gasteiger charge is 2.24. The van der Waals surface area contributed by atoms with Gasteiger partial charge in [0, 0.05) is 16.2 Å². The van der Waals surface area contributed by atoms with Crippen LogP contribution < -0.4 is 5.73 Å². The summed E-state index contributed by atoms with van der Waals surface area (Å²) in [5, 5.41) is 0. The quantitative estimate of drug-likeness (QED) is 0.808. The lowest BCUT2D eigenvalue weighted by Gasteiger charge is -2.25. The normalized spacial score (nSPS) is 17.2. The van der Waals surface area contributed by atoms with Crippen LogP contribution in [0.15, 0.2) is 47.4 Å². The zero-order valence-corrected chi connectivity index (χ0v) is 15.2. The van der Waals surface area contributed by atoms with E-state index in [1.54, 1.807) is 11.8 Å². The molecule has 3 nitrogen and oxygen atoms in total. The molecule has 0 saturated carbocycles. The monoisotopic (exact) mass is 341 g/mol. The third-order valence-electron chi connectivity index (χ3n) is 4.32. The highest BCUT2D eigenvalue weighted by Crippen LogP contribution is 2.40. The Balaban J connectivity index is 1.96. The SMILES string of the molecule is CC(C)(C)c1cccc(-c2ccc3c(c2)SCCC3OC(N)=O)c1. The number of thioether (sulfide) groups is 1. The van der Waals surface area contributed by atoms with E-state index in [0.717, 1.165) is 17.7 Å². The molecule has 126 valence electrons. The van der Waals surface area contributed by atoms with E-state index in [9.17, 15) is 4.79 Å². The first-order valence-corrected chi connectivity index (χ1v) is 9.17. The van der Waals surface area contributed by atoms with Crippen molar-refractivity contribution in [3.05, 3.63) is 53.6 Å². The van der Waals surface area contributed by atoms with Gasteiger partial charge < -0.3 is 10.5 Å². The lowest BCUT2D eigenvalue weighted by molar-refractivity contribution is 0.102. The molecule has 4 heteroatoms. The smallest absolute Gasteiger partial charge is 0.405 e. The van der Waals surface area contributed by atoms with E-state index in [-0.39, 0.29) is 11.5 Å². The Kier molecular flexibility index (Phi) is 4.59. The summed E-state index contributed by atoms with van der Waals surface area (Å²) in [6, 6.07) is 15.0. The molecule has 0 radical (unpaired) electrons. The lowest BCUT2D eigenvalue weighted by Crippen LogP contribution is -2.20. The predicted octanol–water partition coefficient (Wildman–Crippen LogP) is 5.28. The van der Waals surface area contributed by atoms with Gasteiger partial charge in [0.15, 0.2) is 0 Å². The predicted molar refractivity (Wildman–Crippen MR) is 99.3 cm³/mol. The molecule has 1 amide bonds. The second-order valence-electron chi connectivity index (χ2n) is 7.15. The maximum atomic E-state index is 11.1. The summed E-state index contributed by atoms with van der Waals surface area (Å²) >= 11 is 1.81. The number of amides is 1. The molecule has 2 aromatic rings. The summed E-state index contributed by atoms with van der Waals surface area (Å²) in [5.41, 5.74) is 10.1. The Labute approximate surface area is 147 Å². The number of carbonyl (C=O) groups is 1. The van der Waals surface area contributed by atoms with Crippen LogP contribution in [-0.4, -0.2) is 11.8 Å². The van der Waals surface area contributed by atoms with Crippen LogP contribution in [0.2, 0.25) is 0 Å². The van der Waals surface area contributed by atoms with Gasteiger partial charge >= 0.3 is 6.09 Å². The summed E-state index contributed by atoms with van der Waals surface area (Å²) in [6.45, 7) is 6.67. The Morgan fingerprint density at radius 2 is 1.92 bits per heavy atom. The van der Waals surface area contributed by atoms with E-state index in [1.807, 2.05) is 0 Å². The molecule has 1 aliphatic rings. The van der Waals surface area contributed by atoms with Crippen molar-refractivity contribution in [2.24, 2.45) is 5.73 Å². The average molecular weight is 341 g/mol. The summed E-state index contributed by atoms with van der Waals surface area (Å²) in [6.07, 6.45) is -0.132. The van der Waals surface area contributed by atoms with Gasteiger partial charge in [-0.05, 0) is 34.6 Å². The van der Waals surface area contributed by atoms with Crippen molar-refractivity contribution in [1.29, 1.82) is 0 Å². The molecule has 24 heavy (non-hydrogen) atoms. The number of carbonyl (C=O) groups excluding carboxylic acids is 1. The largest absolute Gasteiger partial charge is 0.441 e. The number of fused-ring (bicyclic) bond motifs is 1. The van der Waals surface area contributed by atoms with Gasteiger partial charge in [-0.15, -0.1) is 11.8 Å². The summed E-state index contributed by atoms with van der Waals surface area (Å²) in [5.74, 6) is 0.927. The molecule has 3 rings (SSSR count). The van der Waals surface area contributed by atoms with Gasteiger partial charge in [-0.3, -0.25) is 0 Å². The van der Waals surface area contributed by atoms with Crippen molar-refractivity contribution in [3.8, 4) is 11.1 Å². The lowest BCUT2D eigenvalue weighted by atomic mass is 9.85. The van der Waals surface area contributed by atoms with Crippen LogP contribution in [0, 0.1) is 0 Å². The Morgan fingerprint density at radius 1 is 1.17 bits per heavy atom. The van der Waals surface area contributed by atoms with E-state index in [4.69, 9.17) is 10.5 Å². The van der Waals surface area contributed by atoms with Gasteiger partial charge in [0.1, 0.15) is 6.10 Å². The molecule has 0 spiro atoms. The highest BCUT2D eigenvalue weighted by molar-refractivity contribution is 7.99. The molecule has 1 unspecified atom stereocenters. The molecule has 2 N–H and O–H groups in total. The second kappa shape index (κ2) is 6.52. The maximum absolute atomic E-state index is 11.1. The van der Waals surface area contributed by atoms with Gasteiger partial charge in [0.05, 0.1) is 0 Å². The van der Waals surface area contributed by atoms with Crippen molar-refractivity contribution in [1.82, 2.24) is 0 Å². The van der Waals surface area contributed by atoms with Crippen LogP contribution in [0.4, 0.5) is 4.79 Å². The average Bonchev–Trinajstić information content (AvgIpc) is 2.53. The van der Waals surface area contributed by atoms with E-state index in [1.165, 1.54) is 21.6 Å². The molecule has 0 bridgehead atoms. The molecule has 2 aromatic carbocycles. The van der Waals surface area contributed by atoms with Crippen LogP contribution in [0.5, 0.6) is 0 Å². The number of nitrogens with two attached hydrogens (primary N) is 1. The molecular weight excluding hydrogens is 318 g/mol. The van der Waals surface area contributed by atoms with Crippen molar-refractivity contribution >= 4 is 17.9 Å². The number of hydrogen-bond acceptors (Lipinski definition) is 3. The molecule has 1 aliphatic heterocycles. The molecule has 1 atom stereocenters. The van der Waals surface area contributed by atoms with Gasteiger partial charge in [-0.1, -0.05) is 57.2 Å². The zero-order chi connectivity index (χ0) is 17.3. The molecule has 0 aliphatic carbocycles. The van der Waals surface area contributed by atoms with Crippen LogP contribution in [-0.2, 0) is 10.2 Å². The molecule has 0 fully saturated rings. The van der Waals surface area contributed by atoms with Crippen LogP contribution in [0.3, 0.4) is 0 Å². The van der Waals surface area contributed by atoms with Crippen molar-refractivity contribution in [3.63, 3.8) is 0 Å². The van der Waals surface area contributed by atoms with Gasteiger partial charge in [-0.25, -0.2) is 4.79 Å². The Morgan fingerprint density at radius 3 is 2.62 bits per heavy atom. The van der Waals surface area contributed by atoms with E-state index >= 15 is 0 Å². The van der Waals surface area contributed by atoms with Gasteiger partial charge in [0.25, 0.3) is 0 Å². The van der Waals surface area contributed by atoms with Gasteiger partial charge in [-0.2, -0.15) is 0 Å². The van der Waals surface area contributed by atoms with E-state index in [2.05, 4.69) is 63.2 Å². The molecule has 0 saturated heterocycles. The first-order valence-electron chi connectivity index (χ1n) is 8.18. The van der Waals surface area contributed by atoms with Crippen molar-refractivity contribution < 1.29 is 9.53 Å². The van der Waals surface area contributed by atoms with E-state index in [0.29, 0.717) is 0 Å². The number of rotatable bonds is 2. The number of hydrogen-bond donors (Lipinski definition) is 1. The fraction of sp³-hybridized carbons (Fsp3) is 0.350. The highest BCUT2D eigenvalue weighted by atomic mass is 32.2. The Bertz CT molecular complexity index is 764. The number of primary amides is 1. The van der Waals surface area contributed by atoms with Crippen molar-refractivity contribution in [2.75, 3.05) is 5.75 Å². The second-order valence-corrected chi connectivity index (χ2v) is 8.28. The topological polar surface area (TPSA) is 52.3 Å². The third kappa shape index (κ3) is 3.59. The maximum Gasteiger partial charge on any atom is 0.405 e. The fourth-order valence-corrected chi connectivity index (χ4v) is 4.09. The van der Waals surface area contributed by atoms with Crippen LogP contribution in [0.25, 0.3) is 11.1 Å². The minimum atomic E-state index is -0.709. The van der Waals surface area contributed by atoms with Crippen molar-refractivity contribution in [2.45, 2.75) is 43.6 Å². The van der Waals surface area contributed by atoms with Crippen LogP contribution >= 0.6 is 11.8 Å². The fourth-order valence-electron chi connectivity index (χ4n) is 2.96. The first kappa shape index (κ1) is 16.9.